The first-order chi connectivity index (χ1) is 21.0. The molecule has 43 heavy (non-hydrogen) atoms. The van der Waals surface area contributed by atoms with Gasteiger partial charge in [-0.2, -0.15) is 0 Å². The van der Waals surface area contributed by atoms with Crippen LogP contribution in [0.2, 0.25) is 0 Å². The summed E-state index contributed by atoms with van der Waals surface area (Å²) in [6.45, 7) is 12.1. The lowest BCUT2D eigenvalue weighted by atomic mass is 10.0. The highest BCUT2D eigenvalue weighted by atomic mass is 16.5. The van der Waals surface area contributed by atoms with Crippen molar-refractivity contribution < 1.29 is 23.8 Å². The summed E-state index contributed by atoms with van der Waals surface area (Å²) in [4.78, 5) is 29.8. The first-order valence-electron chi connectivity index (χ1n) is 13.7. The number of hydrogen-bond acceptors (Lipinski definition) is 5. The second kappa shape index (κ2) is 15.4. The summed E-state index contributed by atoms with van der Waals surface area (Å²) in [6, 6.07) is 28.9. The van der Waals surface area contributed by atoms with E-state index in [1.807, 2.05) is 6.07 Å². The highest BCUT2D eigenvalue weighted by Gasteiger charge is 2.33. The molecule has 0 aromatic heterocycles. The normalized spacial score (nSPS) is 11.0. The third-order valence-corrected chi connectivity index (χ3v) is 6.28. The van der Waals surface area contributed by atoms with E-state index in [1.54, 1.807) is 115 Å². The molecule has 0 unspecified atom stereocenters. The molecule has 0 heterocycles. The zero-order valence-corrected chi connectivity index (χ0v) is 23.9. The second-order valence-electron chi connectivity index (χ2n) is 9.32. The van der Waals surface area contributed by atoms with Gasteiger partial charge < -0.3 is 19.5 Å². The molecule has 4 aromatic carbocycles. The number of nitrogens with one attached hydrogen (secondary N) is 1. The molecule has 7 heteroatoms. The highest BCUT2D eigenvalue weighted by Crippen LogP contribution is 2.33. The van der Waals surface area contributed by atoms with Gasteiger partial charge in [-0.05, 0) is 78.4 Å². The molecule has 1 atom stereocenters. The van der Waals surface area contributed by atoms with Crippen LogP contribution in [0.4, 0.5) is 11.4 Å². The van der Waals surface area contributed by atoms with Crippen LogP contribution in [-0.2, 0) is 4.79 Å². The van der Waals surface area contributed by atoms with Crippen molar-refractivity contribution in [3.8, 4) is 17.2 Å². The van der Waals surface area contributed by atoms with Crippen LogP contribution in [-0.4, -0.2) is 31.6 Å². The minimum Gasteiger partial charge on any atom is -0.490 e. The molecule has 0 fully saturated rings. The number of nitrogens with zero attached hydrogens (tertiary/aromatic N) is 1. The first-order valence-corrected chi connectivity index (χ1v) is 13.7. The Bertz CT molecular complexity index is 1520. The quantitative estimate of drug-likeness (QED) is 0.150. The van der Waals surface area contributed by atoms with E-state index in [9.17, 15) is 9.59 Å². The van der Waals surface area contributed by atoms with Crippen molar-refractivity contribution in [2.24, 2.45) is 0 Å². The third-order valence-electron chi connectivity index (χ3n) is 6.28. The van der Waals surface area contributed by atoms with E-state index in [-0.39, 0.29) is 5.91 Å². The van der Waals surface area contributed by atoms with E-state index in [0.717, 1.165) is 0 Å². The molecule has 0 aliphatic carbocycles. The summed E-state index contributed by atoms with van der Waals surface area (Å²) in [7, 11) is 0. The summed E-state index contributed by atoms with van der Waals surface area (Å²) in [5.74, 6) is 1.11. The average Bonchev–Trinajstić information content (AvgIpc) is 3.05. The van der Waals surface area contributed by atoms with E-state index >= 15 is 0 Å². The van der Waals surface area contributed by atoms with E-state index in [2.05, 4.69) is 25.1 Å². The number of benzene rings is 4. The SMILES string of the molecule is C=CCOc1ccc(NC(=O)[C@H](c2ccc(OCC=C)cc2)N(C(=O)c2ccccc2)c2ccc(OCC=C)cc2)cc1. The highest BCUT2D eigenvalue weighted by molar-refractivity contribution is 6.12. The Morgan fingerprint density at radius 1 is 0.651 bits per heavy atom. The van der Waals surface area contributed by atoms with Crippen LogP contribution in [0.3, 0.4) is 0 Å². The average molecular weight is 575 g/mol. The summed E-state index contributed by atoms with van der Waals surface area (Å²) in [5.41, 5.74) is 2.08. The second-order valence-corrected chi connectivity index (χ2v) is 9.32. The van der Waals surface area contributed by atoms with Crippen molar-refractivity contribution in [1.82, 2.24) is 0 Å². The lowest BCUT2D eigenvalue weighted by Crippen LogP contribution is -2.41. The zero-order chi connectivity index (χ0) is 30.4. The molecule has 0 saturated carbocycles. The molecule has 0 bridgehead atoms. The van der Waals surface area contributed by atoms with Crippen LogP contribution in [0.25, 0.3) is 0 Å². The zero-order valence-electron chi connectivity index (χ0n) is 23.9. The lowest BCUT2D eigenvalue weighted by molar-refractivity contribution is -0.117. The number of ether oxygens (including phenoxy) is 3. The summed E-state index contributed by atoms with van der Waals surface area (Å²) < 4.78 is 16.9. The van der Waals surface area contributed by atoms with Gasteiger partial charge in [0.25, 0.3) is 11.8 Å². The number of hydrogen-bond donors (Lipinski definition) is 1. The molecule has 0 spiro atoms. The minimum absolute atomic E-state index is 0.342. The first kappa shape index (κ1) is 30.4. The summed E-state index contributed by atoms with van der Waals surface area (Å²) in [5, 5.41) is 2.98. The van der Waals surface area contributed by atoms with Crippen molar-refractivity contribution in [2.45, 2.75) is 6.04 Å². The Hall–Kier alpha value is -5.56. The molecule has 218 valence electrons. The Labute approximate surface area is 252 Å². The predicted octanol–water partition coefficient (Wildman–Crippen LogP) is 7.41. The molecule has 4 rings (SSSR count). The Morgan fingerprint density at radius 3 is 1.60 bits per heavy atom. The van der Waals surface area contributed by atoms with Gasteiger partial charge in [0, 0.05) is 16.9 Å². The van der Waals surface area contributed by atoms with Crippen molar-refractivity contribution in [3.63, 3.8) is 0 Å². The van der Waals surface area contributed by atoms with Crippen LogP contribution in [0, 0.1) is 0 Å². The fraction of sp³-hybridized carbons (Fsp3) is 0.111. The van der Waals surface area contributed by atoms with E-state index in [4.69, 9.17) is 14.2 Å². The van der Waals surface area contributed by atoms with Gasteiger partial charge in [0.1, 0.15) is 43.1 Å². The van der Waals surface area contributed by atoms with Gasteiger partial charge >= 0.3 is 0 Å². The van der Waals surface area contributed by atoms with Gasteiger partial charge in [0.15, 0.2) is 0 Å². The third kappa shape index (κ3) is 8.24. The van der Waals surface area contributed by atoms with E-state index in [0.29, 0.717) is 59.6 Å². The van der Waals surface area contributed by atoms with E-state index < -0.39 is 11.9 Å². The van der Waals surface area contributed by atoms with Gasteiger partial charge in [0.05, 0.1) is 0 Å². The lowest BCUT2D eigenvalue weighted by Gasteiger charge is -2.32. The van der Waals surface area contributed by atoms with Crippen molar-refractivity contribution in [3.05, 3.63) is 152 Å². The molecular weight excluding hydrogens is 540 g/mol. The largest absolute Gasteiger partial charge is 0.490 e. The maximum Gasteiger partial charge on any atom is 0.259 e. The topological polar surface area (TPSA) is 77.1 Å². The Balaban J connectivity index is 1.76. The number of rotatable bonds is 15. The maximum absolute atomic E-state index is 14.2. The monoisotopic (exact) mass is 574 g/mol. The molecule has 0 aliphatic heterocycles. The van der Waals surface area contributed by atoms with Gasteiger partial charge in [-0.15, -0.1) is 0 Å². The summed E-state index contributed by atoms with van der Waals surface area (Å²) >= 11 is 0. The molecular formula is C36H34N2O5. The fourth-order valence-corrected chi connectivity index (χ4v) is 4.28. The van der Waals surface area contributed by atoms with Crippen LogP contribution in [0.1, 0.15) is 22.0 Å². The van der Waals surface area contributed by atoms with Crippen molar-refractivity contribution in [1.29, 1.82) is 0 Å². The standard InChI is InChI=1S/C36H34N2O5/c1-4-24-41-31-18-12-27(13-19-31)34(35(39)37-29-14-20-32(21-15-29)42-25-5-2)38(36(40)28-10-8-7-9-11-28)30-16-22-33(23-17-30)43-26-6-3/h4-23,34H,1-3,24-26H2,(H,37,39)/t34-/m0/s1. The Morgan fingerprint density at radius 2 is 1.12 bits per heavy atom. The smallest absolute Gasteiger partial charge is 0.259 e. The molecule has 0 aliphatic rings. The number of carbonyl (C=O) groups excluding carboxylic acids is 2. The number of anilines is 2. The molecule has 4 aromatic rings. The fourth-order valence-electron chi connectivity index (χ4n) is 4.28. The van der Waals surface area contributed by atoms with Crippen LogP contribution < -0.4 is 24.4 Å². The Kier molecular flexibility index (Phi) is 10.9. The molecule has 1 N–H and O–H groups in total. The maximum atomic E-state index is 14.2. The summed E-state index contributed by atoms with van der Waals surface area (Å²) in [6.07, 6.45) is 4.96. The van der Waals surface area contributed by atoms with Crippen molar-refractivity contribution in [2.75, 3.05) is 30.0 Å². The van der Waals surface area contributed by atoms with Crippen LogP contribution in [0.5, 0.6) is 17.2 Å². The predicted molar refractivity (Wildman–Crippen MR) is 171 cm³/mol. The number of carbonyl (C=O) groups is 2. The molecule has 0 saturated heterocycles. The van der Waals surface area contributed by atoms with Gasteiger partial charge in [-0.1, -0.05) is 68.3 Å². The van der Waals surface area contributed by atoms with Gasteiger partial charge in [0.2, 0.25) is 0 Å². The molecule has 0 radical (unpaired) electrons. The van der Waals surface area contributed by atoms with E-state index in [1.165, 1.54) is 4.90 Å². The van der Waals surface area contributed by atoms with Crippen LogP contribution >= 0.6 is 0 Å². The minimum atomic E-state index is -1.04. The van der Waals surface area contributed by atoms with Crippen molar-refractivity contribution >= 4 is 23.2 Å². The molecule has 7 nitrogen and oxygen atoms in total. The van der Waals surface area contributed by atoms with Crippen LogP contribution in [0.15, 0.2) is 141 Å². The van der Waals surface area contributed by atoms with Gasteiger partial charge in [-0.25, -0.2) is 0 Å². The molecule has 2 amide bonds. The van der Waals surface area contributed by atoms with Gasteiger partial charge in [-0.3, -0.25) is 14.5 Å². The number of amides is 2.